The summed E-state index contributed by atoms with van der Waals surface area (Å²) in [6.45, 7) is 7.55. The topological polar surface area (TPSA) is 61.9 Å². The van der Waals surface area contributed by atoms with Crippen LogP contribution < -0.4 is 5.32 Å². The van der Waals surface area contributed by atoms with Crippen LogP contribution in [0.15, 0.2) is 18.2 Å². The molecule has 0 atom stereocenters. The second-order valence-electron chi connectivity index (χ2n) is 5.79. The van der Waals surface area contributed by atoms with Crippen molar-refractivity contribution in [2.24, 2.45) is 0 Å². The minimum absolute atomic E-state index is 0.0391. The van der Waals surface area contributed by atoms with Crippen molar-refractivity contribution in [1.82, 2.24) is 9.80 Å². The Kier molecular flexibility index (Phi) is 6.87. The fourth-order valence-corrected chi connectivity index (χ4v) is 2.70. The van der Waals surface area contributed by atoms with Crippen LogP contribution in [0.3, 0.4) is 0 Å². The van der Waals surface area contributed by atoms with Crippen molar-refractivity contribution in [2.45, 2.75) is 20.3 Å². The number of carbonyl (C=O) groups is 2. The number of carbonyl (C=O) groups excluding carboxylic acids is 2. The van der Waals surface area contributed by atoms with Crippen LogP contribution >= 0.6 is 11.6 Å². The van der Waals surface area contributed by atoms with Crippen LogP contribution in [0.5, 0.6) is 0 Å². The van der Waals surface area contributed by atoms with E-state index in [0.717, 1.165) is 18.7 Å². The molecule has 0 saturated carbocycles. The summed E-state index contributed by atoms with van der Waals surface area (Å²) >= 11 is 6.06. The maximum atomic E-state index is 12.0. The summed E-state index contributed by atoms with van der Waals surface area (Å²) in [5, 5.41) is 3.50. The Labute approximate surface area is 147 Å². The molecule has 0 bridgehead atoms. The average molecular weight is 354 g/mol. The molecule has 1 aliphatic heterocycles. The number of nitrogens with one attached hydrogen (secondary N) is 1. The monoisotopic (exact) mass is 353 g/mol. The Bertz CT molecular complexity index is 586. The van der Waals surface area contributed by atoms with Crippen molar-refractivity contribution in [1.29, 1.82) is 0 Å². The van der Waals surface area contributed by atoms with Crippen molar-refractivity contribution in [2.75, 3.05) is 44.6 Å². The molecule has 1 fully saturated rings. The van der Waals surface area contributed by atoms with Gasteiger partial charge in [0.25, 0.3) is 0 Å². The molecule has 6 nitrogen and oxygen atoms in total. The molecule has 2 rings (SSSR count). The molecular weight excluding hydrogens is 330 g/mol. The second kappa shape index (κ2) is 8.89. The Morgan fingerprint density at radius 3 is 2.58 bits per heavy atom. The molecule has 0 unspecified atom stereocenters. The normalized spacial score (nSPS) is 15.2. The van der Waals surface area contributed by atoms with Crippen molar-refractivity contribution in [3.8, 4) is 0 Å². The minimum atomic E-state index is -0.258. The van der Waals surface area contributed by atoms with E-state index < -0.39 is 0 Å². The first-order chi connectivity index (χ1) is 11.5. The standard InChI is InChI=1S/C17H24ClN3O3/c1-3-24-17(23)21-10-8-20(9-11-21)7-6-16(22)19-14-5-4-13(2)15(18)12-14/h4-5,12H,3,6-11H2,1-2H3,(H,19,22). The van der Waals surface area contributed by atoms with Crippen LogP contribution in [0.4, 0.5) is 10.5 Å². The molecule has 1 aromatic carbocycles. The third kappa shape index (κ3) is 5.39. The third-order valence-corrected chi connectivity index (χ3v) is 4.42. The van der Waals surface area contributed by atoms with Crippen LogP contribution in [0.1, 0.15) is 18.9 Å². The summed E-state index contributed by atoms with van der Waals surface area (Å²) in [5.41, 5.74) is 1.69. The molecule has 0 radical (unpaired) electrons. The van der Waals surface area contributed by atoms with Crippen molar-refractivity contribution in [3.05, 3.63) is 28.8 Å². The lowest BCUT2D eigenvalue weighted by atomic mass is 10.2. The number of rotatable bonds is 5. The predicted molar refractivity (Wildman–Crippen MR) is 94.5 cm³/mol. The first-order valence-corrected chi connectivity index (χ1v) is 8.57. The first kappa shape index (κ1) is 18.5. The van der Waals surface area contributed by atoms with Crippen LogP contribution in [0.2, 0.25) is 5.02 Å². The van der Waals surface area contributed by atoms with Gasteiger partial charge < -0.3 is 15.0 Å². The summed E-state index contributed by atoms with van der Waals surface area (Å²) in [5.74, 6) is -0.0391. The summed E-state index contributed by atoms with van der Waals surface area (Å²) in [6.07, 6.45) is 0.149. The molecule has 7 heteroatoms. The van der Waals surface area contributed by atoms with Crippen molar-refractivity contribution >= 4 is 29.3 Å². The van der Waals surface area contributed by atoms with Gasteiger partial charge in [-0.3, -0.25) is 9.69 Å². The molecule has 0 spiro atoms. The number of ether oxygens (including phenoxy) is 1. The third-order valence-electron chi connectivity index (χ3n) is 4.01. The van der Waals surface area contributed by atoms with Gasteiger partial charge in [0.15, 0.2) is 0 Å². The van der Waals surface area contributed by atoms with Crippen molar-refractivity contribution in [3.63, 3.8) is 0 Å². The lowest BCUT2D eigenvalue weighted by molar-refractivity contribution is -0.116. The van der Waals surface area contributed by atoms with E-state index in [4.69, 9.17) is 16.3 Å². The van der Waals surface area contributed by atoms with Crippen LogP contribution in [0, 0.1) is 6.92 Å². The quantitative estimate of drug-likeness (QED) is 0.884. The highest BCUT2D eigenvalue weighted by atomic mass is 35.5. The Morgan fingerprint density at radius 2 is 1.96 bits per heavy atom. The fourth-order valence-electron chi connectivity index (χ4n) is 2.52. The van der Waals surface area contributed by atoms with E-state index in [1.807, 2.05) is 19.1 Å². The molecule has 1 aromatic rings. The van der Waals surface area contributed by atoms with E-state index in [1.54, 1.807) is 17.9 Å². The predicted octanol–water partition coefficient (Wildman–Crippen LogP) is 2.75. The zero-order valence-electron chi connectivity index (χ0n) is 14.2. The number of anilines is 1. The van der Waals surface area contributed by atoms with Gasteiger partial charge in [0.1, 0.15) is 0 Å². The largest absolute Gasteiger partial charge is 0.450 e. The molecule has 1 aliphatic rings. The van der Waals surface area contributed by atoms with Gasteiger partial charge in [-0.05, 0) is 31.5 Å². The molecule has 2 amide bonds. The van der Waals surface area contributed by atoms with Gasteiger partial charge in [0.2, 0.25) is 5.91 Å². The summed E-state index contributed by atoms with van der Waals surface area (Å²) in [4.78, 5) is 27.6. The lowest BCUT2D eigenvalue weighted by Gasteiger charge is -2.33. The van der Waals surface area contributed by atoms with Gasteiger partial charge in [-0.25, -0.2) is 4.79 Å². The van der Waals surface area contributed by atoms with E-state index in [9.17, 15) is 9.59 Å². The van der Waals surface area contributed by atoms with Gasteiger partial charge >= 0.3 is 6.09 Å². The first-order valence-electron chi connectivity index (χ1n) is 8.19. The van der Waals surface area contributed by atoms with E-state index in [0.29, 0.717) is 43.4 Å². The van der Waals surface area contributed by atoms with E-state index in [1.165, 1.54) is 0 Å². The lowest BCUT2D eigenvalue weighted by Crippen LogP contribution is -2.49. The SMILES string of the molecule is CCOC(=O)N1CCN(CCC(=O)Nc2ccc(C)c(Cl)c2)CC1. The van der Waals surface area contributed by atoms with Crippen LogP contribution in [0.25, 0.3) is 0 Å². The van der Waals surface area contributed by atoms with E-state index in [2.05, 4.69) is 10.2 Å². The zero-order valence-corrected chi connectivity index (χ0v) is 14.9. The van der Waals surface area contributed by atoms with Gasteiger partial charge in [-0.1, -0.05) is 17.7 Å². The molecule has 1 N–H and O–H groups in total. The number of nitrogens with zero attached hydrogens (tertiary/aromatic N) is 2. The molecule has 132 valence electrons. The number of amides is 2. The Morgan fingerprint density at radius 1 is 1.25 bits per heavy atom. The molecule has 0 aromatic heterocycles. The van der Waals surface area contributed by atoms with E-state index in [-0.39, 0.29) is 12.0 Å². The zero-order chi connectivity index (χ0) is 17.5. The Hall–Kier alpha value is -1.79. The second-order valence-corrected chi connectivity index (χ2v) is 6.20. The number of hydrogen-bond donors (Lipinski definition) is 1. The maximum Gasteiger partial charge on any atom is 0.409 e. The van der Waals surface area contributed by atoms with Gasteiger partial charge in [-0.2, -0.15) is 0 Å². The number of benzene rings is 1. The van der Waals surface area contributed by atoms with Gasteiger partial charge in [0.05, 0.1) is 6.61 Å². The highest BCUT2D eigenvalue weighted by molar-refractivity contribution is 6.31. The number of piperazine rings is 1. The highest BCUT2D eigenvalue weighted by Crippen LogP contribution is 2.20. The van der Waals surface area contributed by atoms with Crippen LogP contribution in [-0.4, -0.2) is 61.1 Å². The summed E-state index contributed by atoms with van der Waals surface area (Å²) < 4.78 is 4.99. The maximum absolute atomic E-state index is 12.0. The minimum Gasteiger partial charge on any atom is -0.450 e. The molecule has 0 aliphatic carbocycles. The van der Waals surface area contributed by atoms with Gasteiger partial charge in [-0.15, -0.1) is 0 Å². The average Bonchev–Trinajstić information content (AvgIpc) is 2.57. The van der Waals surface area contributed by atoms with Crippen LogP contribution in [-0.2, 0) is 9.53 Å². The Balaban J connectivity index is 1.71. The number of aryl methyl sites for hydroxylation is 1. The molecular formula is C17H24ClN3O3. The van der Waals surface area contributed by atoms with Gasteiger partial charge in [0, 0.05) is 49.9 Å². The number of halogens is 1. The highest BCUT2D eigenvalue weighted by Gasteiger charge is 2.22. The molecule has 1 saturated heterocycles. The summed E-state index contributed by atoms with van der Waals surface area (Å²) in [6, 6.07) is 5.48. The smallest absolute Gasteiger partial charge is 0.409 e. The fraction of sp³-hybridized carbons (Fsp3) is 0.529. The van der Waals surface area contributed by atoms with E-state index >= 15 is 0 Å². The number of hydrogen-bond acceptors (Lipinski definition) is 4. The summed E-state index contributed by atoms with van der Waals surface area (Å²) in [7, 11) is 0. The molecule has 24 heavy (non-hydrogen) atoms. The van der Waals surface area contributed by atoms with Crippen molar-refractivity contribution < 1.29 is 14.3 Å². The molecule has 1 heterocycles.